The van der Waals surface area contributed by atoms with Crippen molar-refractivity contribution in [3.05, 3.63) is 24.2 Å². The van der Waals surface area contributed by atoms with Gasteiger partial charge in [0.05, 0.1) is 19.5 Å². The number of nitrogens with one attached hydrogen (secondary N) is 1. The minimum atomic E-state index is -0.125. The van der Waals surface area contributed by atoms with Gasteiger partial charge < -0.3 is 14.5 Å². The van der Waals surface area contributed by atoms with Crippen LogP contribution in [0.25, 0.3) is 0 Å². The maximum Gasteiger partial charge on any atom is 0.287 e. The van der Waals surface area contributed by atoms with Gasteiger partial charge in [-0.15, -0.1) is 0 Å². The molecule has 0 radical (unpaired) electrons. The van der Waals surface area contributed by atoms with E-state index in [0.29, 0.717) is 12.3 Å². The molecule has 3 rings (SSSR count). The molecule has 0 unspecified atom stereocenters. The Hall–Kier alpha value is -0.980. The molecule has 20 heavy (non-hydrogen) atoms. The van der Waals surface area contributed by atoms with E-state index in [1.807, 2.05) is 11.8 Å². The lowest BCUT2D eigenvalue weighted by Crippen LogP contribution is -2.59. The zero-order valence-electron chi connectivity index (χ0n) is 11.5. The summed E-state index contributed by atoms with van der Waals surface area (Å²) < 4.78 is 10.6. The summed E-state index contributed by atoms with van der Waals surface area (Å²) in [6.07, 6.45) is 2.65. The first-order valence-corrected chi connectivity index (χ1v) is 8.18. The highest BCUT2D eigenvalue weighted by Gasteiger charge is 2.40. The zero-order valence-corrected chi connectivity index (χ0v) is 12.3. The first-order chi connectivity index (χ1) is 9.80. The lowest BCUT2D eigenvalue weighted by Gasteiger charge is -2.42. The molecule has 2 aliphatic heterocycles. The average Bonchev–Trinajstić information content (AvgIpc) is 3.18. The molecule has 0 saturated carbocycles. The molecular weight excluding hydrogens is 276 g/mol. The molecule has 1 N–H and O–H groups in total. The van der Waals surface area contributed by atoms with Crippen molar-refractivity contribution in [3.63, 3.8) is 0 Å². The summed E-state index contributed by atoms with van der Waals surface area (Å²) >= 11 is 1.97. The maximum absolute atomic E-state index is 12.0. The van der Waals surface area contributed by atoms with Gasteiger partial charge in [-0.05, 0) is 24.3 Å². The minimum absolute atomic E-state index is 0.0801. The van der Waals surface area contributed by atoms with E-state index in [0.717, 1.165) is 44.2 Å². The summed E-state index contributed by atoms with van der Waals surface area (Å²) in [6.45, 7) is 4.17. The second-order valence-electron chi connectivity index (χ2n) is 5.29. The Morgan fingerprint density at radius 2 is 2.30 bits per heavy atom. The van der Waals surface area contributed by atoms with Crippen molar-refractivity contribution in [2.75, 3.05) is 44.4 Å². The van der Waals surface area contributed by atoms with Crippen LogP contribution in [-0.2, 0) is 4.74 Å². The number of carbonyl (C=O) groups is 1. The van der Waals surface area contributed by atoms with E-state index in [1.165, 1.54) is 6.26 Å². The van der Waals surface area contributed by atoms with Crippen LogP contribution in [0.1, 0.15) is 17.0 Å². The van der Waals surface area contributed by atoms with Crippen LogP contribution in [0.4, 0.5) is 0 Å². The summed E-state index contributed by atoms with van der Waals surface area (Å²) in [5.74, 6) is 2.49. The number of morpholine rings is 1. The van der Waals surface area contributed by atoms with E-state index in [4.69, 9.17) is 9.15 Å². The summed E-state index contributed by atoms with van der Waals surface area (Å²) in [5, 5.41) is 3.04. The number of rotatable bonds is 4. The van der Waals surface area contributed by atoms with E-state index in [2.05, 4.69) is 10.2 Å². The molecule has 1 atom stereocenters. The quantitative estimate of drug-likeness (QED) is 0.905. The molecule has 0 bridgehead atoms. The van der Waals surface area contributed by atoms with Gasteiger partial charge in [0.25, 0.3) is 5.91 Å². The third-order valence-corrected chi connectivity index (χ3v) is 5.32. The van der Waals surface area contributed by atoms with Gasteiger partial charge in [0.15, 0.2) is 5.76 Å². The van der Waals surface area contributed by atoms with Gasteiger partial charge in [-0.25, -0.2) is 0 Å². The van der Waals surface area contributed by atoms with Crippen LogP contribution in [0.15, 0.2) is 22.8 Å². The zero-order chi connectivity index (χ0) is 13.8. The van der Waals surface area contributed by atoms with Crippen LogP contribution < -0.4 is 5.32 Å². The number of amides is 1. The molecule has 2 fully saturated rings. The number of nitrogens with zero attached hydrogens (tertiary/aromatic N) is 1. The largest absolute Gasteiger partial charge is 0.459 e. The molecule has 6 heteroatoms. The molecule has 0 spiro atoms. The highest BCUT2D eigenvalue weighted by Crippen LogP contribution is 2.33. The van der Waals surface area contributed by atoms with Gasteiger partial charge in [-0.1, -0.05) is 0 Å². The van der Waals surface area contributed by atoms with Crippen molar-refractivity contribution in [2.24, 2.45) is 0 Å². The van der Waals surface area contributed by atoms with Gasteiger partial charge in [-0.3, -0.25) is 9.69 Å². The predicted octanol–water partition coefficient (Wildman–Crippen LogP) is 1.22. The minimum Gasteiger partial charge on any atom is -0.459 e. The van der Waals surface area contributed by atoms with E-state index >= 15 is 0 Å². The highest BCUT2D eigenvalue weighted by atomic mass is 32.2. The summed E-state index contributed by atoms with van der Waals surface area (Å²) in [4.78, 5) is 14.5. The van der Waals surface area contributed by atoms with Crippen molar-refractivity contribution in [1.82, 2.24) is 10.2 Å². The smallest absolute Gasteiger partial charge is 0.287 e. The van der Waals surface area contributed by atoms with E-state index in [-0.39, 0.29) is 11.4 Å². The first-order valence-electron chi connectivity index (χ1n) is 7.02. The Balaban J connectivity index is 1.63. The van der Waals surface area contributed by atoms with Crippen LogP contribution in [0.2, 0.25) is 0 Å². The molecule has 3 heterocycles. The van der Waals surface area contributed by atoms with Gasteiger partial charge >= 0.3 is 0 Å². The van der Waals surface area contributed by atoms with Crippen LogP contribution >= 0.6 is 11.8 Å². The van der Waals surface area contributed by atoms with Crippen molar-refractivity contribution < 1.29 is 13.9 Å². The molecule has 1 amide bonds. The Labute approximate surface area is 123 Å². The number of ether oxygens (including phenoxy) is 1. The molecule has 2 aliphatic rings. The maximum atomic E-state index is 12.0. The van der Waals surface area contributed by atoms with E-state index in [9.17, 15) is 4.79 Å². The van der Waals surface area contributed by atoms with Crippen LogP contribution in [0.3, 0.4) is 0 Å². The highest BCUT2D eigenvalue weighted by molar-refractivity contribution is 7.99. The summed E-state index contributed by atoms with van der Waals surface area (Å²) in [5.41, 5.74) is 0.0801. The lowest BCUT2D eigenvalue weighted by molar-refractivity contribution is -0.0129. The second-order valence-corrected chi connectivity index (χ2v) is 6.39. The molecule has 0 aliphatic carbocycles. The Morgan fingerprint density at radius 1 is 1.45 bits per heavy atom. The molecule has 110 valence electrons. The van der Waals surface area contributed by atoms with E-state index in [1.54, 1.807) is 12.1 Å². The second kappa shape index (κ2) is 6.20. The van der Waals surface area contributed by atoms with Crippen molar-refractivity contribution in [1.29, 1.82) is 0 Å². The third-order valence-electron chi connectivity index (χ3n) is 4.09. The number of furan rings is 1. The number of carbonyl (C=O) groups excluding carboxylic acids is 1. The fourth-order valence-corrected chi connectivity index (χ4v) is 4.35. The number of hydrogen-bond donors (Lipinski definition) is 1. The fourth-order valence-electron chi connectivity index (χ4n) is 2.87. The van der Waals surface area contributed by atoms with Crippen molar-refractivity contribution in [3.8, 4) is 0 Å². The van der Waals surface area contributed by atoms with Crippen molar-refractivity contribution in [2.45, 2.75) is 12.0 Å². The van der Waals surface area contributed by atoms with Crippen LogP contribution in [-0.4, -0.2) is 60.7 Å². The van der Waals surface area contributed by atoms with Crippen molar-refractivity contribution >= 4 is 17.7 Å². The van der Waals surface area contributed by atoms with Crippen LogP contribution in [0, 0.1) is 0 Å². The molecule has 0 aromatic carbocycles. The van der Waals surface area contributed by atoms with Gasteiger partial charge in [0.2, 0.25) is 0 Å². The van der Waals surface area contributed by atoms with Gasteiger partial charge in [0, 0.05) is 30.9 Å². The van der Waals surface area contributed by atoms with E-state index < -0.39 is 0 Å². The SMILES string of the molecule is O=C(NC[C@@]1(N2CCOCC2)CCSC1)c1ccco1. The predicted molar refractivity (Wildman–Crippen MR) is 78.1 cm³/mol. The van der Waals surface area contributed by atoms with Crippen LogP contribution in [0.5, 0.6) is 0 Å². The fraction of sp³-hybridized carbons (Fsp3) is 0.643. The molecule has 1 aromatic heterocycles. The molecular formula is C14H20N2O3S. The Kier molecular flexibility index (Phi) is 4.33. The number of hydrogen-bond acceptors (Lipinski definition) is 5. The number of thioether (sulfide) groups is 1. The summed E-state index contributed by atoms with van der Waals surface area (Å²) in [7, 11) is 0. The summed E-state index contributed by atoms with van der Waals surface area (Å²) in [6, 6.07) is 3.43. The molecule has 5 nitrogen and oxygen atoms in total. The third kappa shape index (κ3) is 2.87. The standard InChI is InChI=1S/C14H20N2O3S/c17-13(12-2-1-6-19-12)15-10-14(3-9-20-11-14)16-4-7-18-8-5-16/h1-2,6H,3-5,7-11H2,(H,15,17)/t14-/m0/s1. The first kappa shape index (κ1) is 14.0. The Bertz CT molecular complexity index is 437. The monoisotopic (exact) mass is 296 g/mol. The molecule has 1 aromatic rings. The Morgan fingerprint density at radius 3 is 2.95 bits per heavy atom. The lowest BCUT2D eigenvalue weighted by atomic mass is 9.95. The van der Waals surface area contributed by atoms with Gasteiger partial charge in [0.1, 0.15) is 0 Å². The normalized spacial score (nSPS) is 27.6. The topological polar surface area (TPSA) is 54.7 Å². The van der Waals surface area contributed by atoms with Gasteiger partial charge in [-0.2, -0.15) is 11.8 Å². The molecule has 2 saturated heterocycles. The average molecular weight is 296 g/mol.